The molecule has 0 heterocycles. The molecule has 1 saturated carbocycles. The number of carboxylic acid groups (broad SMARTS) is 1. The summed E-state index contributed by atoms with van der Waals surface area (Å²) in [6.07, 6.45) is 2.24. The molecule has 1 fully saturated rings. The number of benzene rings is 2. The van der Waals surface area contributed by atoms with Crippen LogP contribution in [0, 0.1) is 17.3 Å². The zero-order valence-corrected chi connectivity index (χ0v) is 24.4. The molecule has 0 spiro atoms. The lowest BCUT2D eigenvalue weighted by Crippen LogP contribution is -2.51. The number of Topliss-reactive ketones (excluding diaryl/α,β-unsaturated/α-hetero) is 3. The Kier molecular flexibility index (Phi) is 11.3. The van der Waals surface area contributed by atoms with Crippen molar-refractivity contribution in [2.75, 3.05) is 0 Å². The second-order valence-electron chi connectivity index (χ2n) is 11.9. The van der Waals surface area contributed by atoms with Crippen molar-refractivity contribution < 1.29 is 33.9 Å². The largest absolute Gasteiger partial charge is 0.481 e. The molecular formula is C33H40N2O7. The van der Waals surface area contributed by atoms with E-state index in [2.05, 4.69) is 10.6 Å². The van der Waals surface area contributed by atoms with Gasteiger partial charge in [0.05, 0.1) is 17.5 Å². The first-order chi connectivity index (χ1) is 19.9. The van der Waals surface area contributed by atoms with E-state index < -0.39 is 52.8 Å². The first-order valence-corrected chi connectivity index (χ1v) is 14.4. The quantitative estimate of drug-likeness (QED) is 0.244. The second-order valence-corrected chi connectivity index (χ2v) is 11.9. The van der Waals surface area contributed by atoms with E-state index in [1.807, 2.05) is 60.7 Å². The molecule has 0 saturated heterocycles. The SMILES string of the molecule is CC(NC(=O)C(CC(=O)Cc1ccccc1)Cc1ccccc1)C(=O)C(=O)NC(CC1CC1)C(=O)CC(C)(C)C(=O)O. The van der Waals surface area contributed by atoms with Gasteiger partial charge in [-0.3, -0.25) is 28.8 Å². The summed E-state index contributed by atoms with van der Waals surface area (Å²) in [4.78, 5) is 76.5. The maximum absolute atomic E-state index is 13.3. The first kappa shape index (κ1) is 32.4. The summed E-state index contributed by atoms with van der Waals surface area (Å²) >= 11 is 0. The number of hydrogen-bond donors (Lipinski definition) is 3. The Morgan fingerprint density at radius 3 is 2.00 bits per heavy atom. The average molecular weight is 577 g/mol. The molecule has 3 unspecified atom stereocenters. The molecule has 0 aliphatic heterocycles. The molecule has 3 rings (SSSR count). The van der Waals surface area contributed by atoms with Crippen LogP contribution in [0.25, 0.3) is 0 Å². The fourth-order valence-electron chi connectivity index (χ4n) is 4.74. The minimum atomic E-state index is -1.32. The second kappa shape index (κ2) is 14.7. The van der Waals surface area contributed by atoms with E-state index in [4.69, 9.17) is 0 Å². The lowest BCUT2D eigenvalue weighted by atomic mass is 9.84. The number of ketones is 3. The molecule has 42 heavy (non-hydrogen) atoms. The van der Waals surface area contributed by atoms with Gasteiger partial charge in [-0.15, -0.1) is 0 Å². The molecule has 3 N–H and O–H groups in total. The number of nitrogens with one attached hydrogen (secondary N) is 2. The van der Waals surface area contributed by atoms with E-state index >= 15 is 0 Å². The van der Waals surface area contributed by atoms with Gasteiger partial charge in [0.25, 0.3) is 5.91 Å². The van der Waals surface area contributed by atoms with Crippen LogP contribution in [0.15, 0.2) is 60.7 Å². The third-order valence-electron chi connectivity index (χ3n) is 7.54. The molecule has 2 aromatic carbocycles. The minimum absolute atomic E-state index is 0.0416. The normalized spacial score (nSPS) is 15.1. The highest BCUT2D eigenvalue weighted by Crippen LogP contribution is 2.34. The number of carbonyl (C=O) groups excluding carboxylic acids is 5. The summed E-state index contributed by atoms with van der Waals surface area (Å²) in [6.45, 7) is 4.25. The van der Waals surface area contributed by atoms with Crippen LogP contribution in [0.1, 0.15) is 64.0 Å². The molecular weight excluding hydrogens is 536 g/mol. The molecule has 2 amide bonds. The predicted octanol–water partition coefficient (Wildman–Crippen LogP) is 3.48. The van der Waals surface area contributed by atoms with E-state index in [0.29, 0.717) is 6.42 Å². The number of rotatable bonds is 17. The van der Waals surface area contributed by atoms with Crippen molar-refractivity contribution in [2.24, 2.45) is 17.3 Å². The van der Waals surface area contributed by atoms with Crippen LogP contribution in [0.4, 0.5) is 0 Å². The van der Waals surface area contributed by atoms with Gasteiger partial charge >= 0.3 is 5.97 Å². The lowest BCUT2D eigenvalue weighted by molar-refractivity contribution is -0.149. The first-order valence-electron chi connectivity index (χ1n) is 14.4. The fourth-order valence-corrected chi connectivity index (χ4v) is 4.74. The summed E-state index contributed by atoms with van der Waals surface area (Å²) in [5, 5.41) is 14.5. The number of aliphatic carboxylic acids is 1. The standard InChI is InChI=1S/C33H40N2O7/c1-21(29(38)31(40)35-27(18-24-14-15-24)28(37)20-33(2,3)32(41)42)34-30(39)25(16-22-10-6-4-7-11-22)19-26(36)17-23-12-8-5-9-13-23/h4-13,21,24-25,27H,14-20H2,1-3H3,(H,34,39)(H,35,40)(H,41,42). The van der Waals surface area contributed by atoms with Crippen molar-refractivity contribution in [1.82, 2.24) is 10.6 Å². The Hall–Kier alpha value is -4.14. The highest BCUT2D eigenvalue weighted by atomic mass is 16.4. The molecule has 224 valence electrons. The topological polar surface area (TPSA) is 147 Å². The van der Waals surface area contributed by atoms with Gasteiger partial charge in [0.15, 0.2) is 5.78 Å². The highest BCUT2D eigenvalue weighted by Gasteiger charge is 2.37. The van der Waals surface area contributed by atoms with Crippen LogP contribution < -0.4 is 10.6 Å². The fraction of sp³-hybridized carbons (Fsp3) is 0.455. The smallest absolute Gasteiger partial charge is 0.309 e. The molecule has 0 aromatic heterocycles. The summed E-state index contributed by atoms with van der Waals surface area (Å²) < 4.78 is 0. The van der Waals surface area contributed by atoms with Gasteiger partial charge in [0.1, 0.15) is 5.78 Å². The van der Waals surface area contributed by atoms with Crippen LogP contribution in [0.2, 0.25) is 0 Å². The predicted molar refractivity (Wildman–Crippen MR) is 156 cm³/mol. The zero-order chi connectivity index (χ0) is 30.9. The third-order valence-corrected chi connectivity index (χ3v) is 7.54. The van der Waals surface area contributed by atoms with E-state index in [-0.39, 0.29) is 37.4 Å². The lowest BCUT2D eigenvalue weighted by Gasteiger charge is -2.24. The van der Waals surface area contributed by atoms with Crippen molar-refractivity contribution in [3.8, 4) is 0 Å². The van der Waals surface area contributed by atoms with Crippen molar-refractivity contribution in [3.63, 3.8) is 0 Å². The third kappa shape index (κ3) is 10.0. The molecule has 9 heteroatoms. The van der Waals surface area contributed by atoms with E-state index in [1.165, 1.54) is 20.8 Å². The minimum Gasteiger partial charge on any atom is -0.481 e. The van der Waals surface area contributed by atoms with Crippen molar-refractivity contribution >= 4 is 35.1 Å². The Labute approximate surface area is 246 Å². The monoisotopic (exact) mass is 576 g/mol. The summed E-state index contributed by atoms with van der Waals surface area (Å²) in [6, 6.07) is 16.3. The number of amides is 2. The summed E-state index contributed by atoms with van der Waals surface area (Å²) in [5.74, 6) is -4.71. The van der Waals surface area contributed by atoms with Gasteiger partial charge in [-0.05, 0) is 50.7 Å². The van der Waals surface area contributed by atoms with Crippen LogP contribution in [-0.4, -0.2) is 52.3 Å². The number of carbonyl (C=O) groups is 6. The Morgan fingerprint density at radius 1 is 0.881 bits per heavy atom. The van der Waals surface area contributed by atoms with Gasteiger partial charge in [-0.2, -0.15) is 0 Å². The molecule has 0 radical (unpaired) electrons. The van der Waals surface area contributed by atoms with Gasteiger partial charge < -0.3 is 15.7 Å². The van der Waals surface area contributed by atoms with Crippen molar-refractivity contribution in [1.29, 1.82) is 0 Å². The van der Waals surface area contributed by atoms with Crippen molar-refractivity contribution in [3.05, 3.63) is 71.8 Å². The Morgan fingerprint density at radius 2 is 1.45 bits per heavy atom. The van der Waals surface area contributed by atoms with Gasteiger partial charge in [0.2, 0.25) is 11.7 Å². The Bertz CT molecular complexity index is 1290. The number of carboxylic acids is 1. The van der Waals surface area contributed by atoms with Crippen molar-refractivity contribution in [2.45, 2.75) is 77.8 Å². The number of hydrogen-bond acceptors (Lipinski definition) is 6. The van der Waals surface area contributed by atoms with Gasteiger partial charge in [0, 0.05) is 25.2 Å². The van der Waals surface area contributed by atoms with Gasteiger partial charge in [-0.1, -0.05) is 73.5 Å². The van der Waals surface area contributed by atoms with Crippen LogP contribution in [0.5, 0.6) is 0 Å². The zero-order valence-electron chi connectivity index (χ0n) is 24.4. The maximum Gasteiger partial charge on any atom is 0.309 e. The molecule has 0 bridgehead atoms. The van der Waals surface area contributed by atoms with E-state index in [0.717, 1.165) is 24.0 Å². The van der Waals surface area contributed by atoms with Crippen LogP contribution in [-0.2, 0) is 41.6 Å². The highest BCUT2D eigenvalue weighted by molar-refractivity contribution is 6.38. The van der Waals surface area contributed by atoms with Crippen LogP contribution >= 0.6 is 0 Å². The summed E-state index contributed by atoms with van der Waals surface area (Å²) in [5.41, 5.74) is 0.372. The van der Waals surface area contributed by atoms with Gasteiger partial charge in [-0.25, -0.2) is 0 Å². The van der Waals surface area contributed by atoms with E-state index in [1.54, 1.807) is 0 Å². The maximum atomic E-state index is 13.3. The average Bonchev–Trinajstić information content (AvgIpc) is 3.76. The molecule has 1 aliphatic rings. The van der Waals surface area contributed by atoms with Crippen LogP contribution in [0.3, 0.4) is 0 Å². The molecule has 2 aromatic rings. The molecule has 9 nitrogen and oxygen atoms in total. The Balaban J connectivity index is 1.65. The van der Waals surface area contributed by atoms with E-state index in [9.17, 15) is 33.9 Å². The molecule has 3 atom stereocenters. The molecule has 1 aliphatic carbocycles. The summed E-state index contributed by atoms with van der Waals surface area (Å²) in [7, 11) is 0.